The lowest BCUT2D eigenvalue weighted by atomic mass is 9.87. The first kappa shape index (κ1) is 12.1. The molecule has 1 saturated carbocycles. The van der Waals surface area contributed by atoms with Gasteiger partial charge in [-0.1, -0.05) is 12.5 Å². The van der Waals surface area contributed by atoms with E-state index in [0.29, 0.717) is 0 Å². The topological polar surface area (TPSA) is 71.4 Å². The number of carboxylic acids is 1. The number of benzene rings is 1. The van der Waals surface area contributed by atoms with Crippen molar-refractivity contribution in [2.75, 3.05) is 5.75 Å². The molecule has 2 rings (SSSR count). The Morgan fingerprint density at radius 1 is 1.35 bits per heavy atom. The zero-order valence-corrected chi connectivity index (χ0v) is 10.1. The van der Waals surface area contributed by atoms with Crippen LogP contribution in [-0.4, -0.2) is 25.2 Å². The van der Waals surface area contributed by atoms with Crippen LogP contribution in [0.25, 0.3) is 0 Å². The Balaban J connectivity index is 2.25. The molecule has 0 atom stereocenters. The van der Waals surface area contributed by atoms with Crippen molar-refractivity contribution in [1.29, 1.82) is 0 Å². The molecule has 1 aliphatic rings. The summed E-state index contributed by atoms with van der Waals surface area (Å²) in [5, 5.41) is 8.82. The normalized spacial score (nSPS) is 16.5. The minimum absolute atomic E-state index is 0.0136. The molecule has 0 amide bonds. The van der Waals surface area contributed by atoms with Crippen LogP contribution in [0.3, 0.4) is 0 Å². The number of sulfone groups is 1. The maximum Gasteiger partial charge on any atom is 0.335 e. The van der Waals surface area contributed by atoms with Crippen molar-refractivity contribution in [3.63, 3.8) is 0 Å². The second-order valence-electron chi connectivity index (χ2n) is 4.41. The molecule has 0 aromatic heterocycles. The molecule has 1 aromatic carbocycles. The van der Waals surface area contributed by atoms with Crippen LogP contribution in [-0.2, 0) is 9.84 Å². The zero-order chi connectivity index (χ0) is 12.5. The molecule has 92 valence electrons. The lowest BCUT2D eigenvalue weighted by Crippen LogP contribution is -2.22. The molecule has 0 heterocycles. The smallest absolute Gasteiger partial charge is 0.335 e. The molecular formula is C12H14O4S. The van der Waals surface area contributed by atoms with Crippen molar-refractivity contribution in [3.05, 3.63) is 29.8 Å². The number of carboxylic acid groups (broad SMARTS) is 1. The SMILES string of the molecule is O=C(O)c1cccc(S(=O)(=O)CC2CCC2)c1. The van der Waals surface area contributed by atoms with Gasteiger partial charge in [0.05, 0.1) is 16.2 Å². The fraction of sp³-hybridized carbons (Fsp3) is 0.417. The van der Waals surface area contributed by atoms with Crippen LogP contribution in [0.4, 0.5) is 0 Å². The summed E-state index contributed by atoms with van der Waals surface area (Å²) < 4.78 is 24.0. The van der Waals surface area contributed by atoms with E-state index >= 15 is 0 Å². The number of rotatable bonds is 4. The summed E-state index contributed by atoms with van der Waals surface area (Å²) in [5.74, 6) is -0.727. The fourth-order valence-corrected chi connectivity index (χ4v) is 3.63. The van der Waals surface area contributed by atoms with Crippen LogP contribution < -0.4 is 0 Å². The molecule has 4 nitrogen and oxygen atoms in total. The van der Waals surface area contributed by atoms with Crippen LogP contribution in [0.5, 0.6) is 0 Å². The highest BCUT2D eigenvalue weighted by Crippen LogP contribution is 2.29. The van der Waals surface area contributed by atoms with E-state index in [-0.39, 0.29) is 22.1 Å². The maximum atomic E-state index is 12.0. The largest absolute Gasteiger partial charge is 0.478 e. The molecule has 0 radical (unpaired) electrons. The monoisotopic (exact) mass is 254 g/mol. The van der Waals surface area contributed by atoms with E-state index in [9.17, 15) is 13.2 Å². The molecule has 17 heavy (non-hydrogen) atoms. The summed E-state index contributed by atoms with van der Waals surface area (Å²) in [6, 6.07) is 5.55. The van der Waals surface area contributed by atoms with Gasteiger partial charge in [0, 0.05) is 0 Å². The Morgan fingerprint density at radius 2 is 2.06 bits per heavy atom. The van der Waals surface area contributed by atoms with Gasteiger partial charge >= 0.3 is 5.97 Å². The Morgan fingerprint density at radius 3 is 2.59 bits per heavy atom. The predicted octanol–water partition coefficient (Wildman–Crippen LogP) is 1.96. The summed E-state index contributed by atoms with van der Waals surface area (Å²) in [6.07, 6.45) is 3.01. The lowest BCUT2D eigenvalue weighted by Gasteiger charge is -2.24. The van der Waals surface area contributed by atoms with Gasteiger partial charge in [-0.15, -0.1) is 0 Å². The third kappa shape index (κ3) is 2.66. The fourth-order valence-electron chi connectivity index (χ4n) is 1.89. The first-order chi connectivity index (χ1) is 7.99. The molecule has 0 aliphatic heterocycles. The van der Waals surface area contributed by atoms with Crippen molar-refractivity contribution in [1.82, 2.24) is 0 Å². The Kier molecular flexibility index (Phi) is 3.19. The average molecular weight is 254 g/mol. The van der Waals surface area contributed by atoms with Crippen molar-refractivity contribution in [2.45, 2.75) is 24.2 Å². The molecule has 1 fully saturated rings. The first-order valence-corrected chi connectivity index (χ1v) is 7.20. The van der Waals surface area contributed by atoms with Crippen LogP contribution in [0.15, 0.2) is 29.2 Å². The summed E-state index contributed by atoms with van der Waals surface area (Å²) >= 11 is 0. The van der Waals surface area contributed by atoms with E-state index in [1.165, 1.54) is 24.3 Å². The molecule has 5 heteroatoms. The van der Waals surface area contributed by atoms with Crippen molar-refractivity contribution < 1.29 is 18.3 Å². The van der Waals surface area contributed by atoms with Gasteiger partial charge < -0.3 is 5.11 Å². The Labute approximate surface area is 100 Å². The van der Waals surface area contributed by atoms with E-state index in [0.717, 1.165) is 19.3 Å². The maximum absolute atomic E-state index is 12.0. The molecule has 0 unspecified atom stereocenters. The average Bonchev–Trinajstić information content (AvgIpc) is 2.24. The second-order valence-corrected chi connectivity index (χ2v) is 6.45. The third-order valence-electron chi connectivity index (χ3n) is 3.12. The summed E-state index contributed by atoms with van der Waals surface area (Å²) in [5.41, 5.74) is 0.0136. The number of hydrogen-bond donors (Lipinski definition) is 1. The highest BCUT2D eigenvalue weighted by Gasteiger charge is 2.26. The second kappa shape index (κ2) is 4.49. The van der Waals surface area contributed by atoms with E-state index in [2.05, 4.69) is 0 Å². The molecule has 1 N–H and O–H groups in total. The van der Waals surface area contributed by atoms with Crippen LogP contribution in [0.1, 0.15) is 29.6 Å². The van der Waals surface area contributed by atoms with Gasteiger partial charge in [-0.25, -0.2) is 13.2 Å². The lowest BCUT2D eigenvalue weighted by molar-refractivity contribution is 0.0696. The summed E-state index contributed by atoms with van der Waals surface area (Å²) in [7, 11) is -3.34. The molecule has 1 aromatic rings. The zero-order valence-electron chi connectivity index (χ0n) is 9.30. The molecule has 1 aliphatic carbocycles. The Hall–Kier alpha value is -1.36. The standard InChI is InChI=1S/C12H14O4S/c13-12(14)10-5-2-6-11(7-10)17(15,16)8-9-3-1-4-9/h2,5-7,9H,1,3-4,8H2,(H,13,14). The molecule has 0 spiro atoms. The van der Waals surface area contributed by atoms with Crippen molar-refractivity contribution >= 4 is 15.8 Å². The number of carbonyl (C=O) groups is 1. The van der Waals surface area contributed by atoms with Gasteiger partial charge in [-0.2, -0.15) is 0 Å². The number of hydrogen-bond acceptors (Lipinski definition) is 3. The molecular weight excluding hydrogens is 240 g/mol. The minimum atomic E-state index is -3.34. The molecule has 0 saturated heterocycles. The first-order valence-electron chi connectivity index (χ1n) is 5.55. The quantitative estimate of drug-likeness (QED) is 0.891. The van der Waals surface area contributed by atoms with Crippen LogP contribution >= 0.6 is 0 Å². The van der Waals surface area contributed by atoms with Gasteiger partial charge in [0.2, 0.25) is 0 Å². The molecule has 0 bridgehead atoms. The van der Waals surface area contributed by atoms with Crippen molar-refractivity contribution in [3.8, 4) is 0 Å². The van der Waals surface area contributed by atoms with Gasteiger partial charge in [0.25, 0.3) is 0 Å². The summed E-state index contributed by atoms with van der Waals surface area (Å²) in [6.45, 7) is 0. The summed E-state index contributed by atoms with van der Waals surface area (Å²) in [4.78, 5) is 10.9. The predicted molar refractivity (Wildman–Crippen MR) is 62.8 cm³/mol. The van der Waals surface area contributed by atoms with E-state index in [1.54, 1.807) is 0 Å². The van der Waals surface area contributed by atoms with Crippen molar-refractivity contribution in [2.24, 2.45) is 5.92 Å². The van der Waals surface area contributed by atoms with E-state index in [4.69, 9.17) is 5.11 Å². The van der Waals surface area contributed by atoms with Crippen LogP contribution in [0, 0.1) is 5.92 Å². The highest BCUT2D eigenvalue weighted by molar-refractivity contribution is 7.91. The Bertz CT molecular complexity index is 529. The van der Waals surface area contributed by atoms with Gasteiger partial charge in [-0.05, 0) is 37.0 Å². The van der Waals surface area contributed by atoms with Crippen LogP contribution in [0.2, 0.25) is 0 Å². The van der Waals surface area contributed by atoms with E-state index < -0.39 is 15.8 Å². The minimum Gasteiger partial charge on any atom is -0.478 e. The number of aromatic carboxylic acids is 1. The van der Waals surface area contributed by atoms with E-state index in [1.807, 2.05) is 0 Å². The van der Waals surface area contributed by atoms with Gasteiger partial charge in [0.15, 0.2) is 9.84 Å². The van der Waals surface area contributed by atoms with Gasteiger partial charge in [-0.3, -0.25) is 0 Å². The third-order valence-corrected chi connectivity index (χ3v) is 5.00. The highest BCUT2D eigenvalue weighted by atomic mass is 32.2. The van der Waals surface area contributed by atoms with Gasteiger partial charge in [0.1, 0.15) is 0 Å².